The molecule has 0 aromatic heterocycles. The van der Waals surface area contributed by atoms with Gasteiger partial charge < -0.3 is 10.8 Å². The zero-order valence-corrected chi connectivity index (χ0v) is 11.0. The second kappa shape index (κ2) is 4.35. The highest BCUT2D eigenvalue weighted by molar-refractivity contribution is 9.10. The molecule has 1 atom stereocenters. The van der Waals surface area contributed by atoms with E-state index in [2.05, 4.69) is 26.9 Å². The minimum absolute atomic E-state index is 0.535. The molecule has 1 heterocycles. The van der Waals surface area contributed by atoms with Gasteiger partial charge in [0.05, 0.1) is 5.60 Å². The van der Waals surface area contributed by atoms with Gasteiger partial charge in [-0.15, -0.1) is 0 Å². The molecule has 1 saturated heterocycles. The zero-order chi connectivity index (χ0) is 11.8. The van der Waals surface area contributed by atoms with E-state index in [1.165, 1.54) is 5.56 Å². The first-order valence-electron chi connectivity index (χ1n) is 5.45. The molecule has 1 aliphatic rings. The molecule has 0 saturated carbocycles. The van der Waals surface area contributed by atoms with Crippen LogP contribution in [0, 0.1) is 0 Å². The molecule has 1 aromatic carbocycles. The predicted molar refractivity (Wildman–Crippen MR) is 69.1 cm³/mol. The lowest BCUT2D eigenvalue weighted by atomic mass is 10.1. The normalized spacial score (nSPS) is 26.2. The van der Waals surface area contributed by atoms with E-state index in [4.69, 9.17) is 5.73 Å². The summed E-state index contributed by atoms with van der Waals surface area (Å²) in [4.78, 5) is 2.25. The van der Waals surface area contributed by atoms with Crippen molar-refractivity contribution in [3.05, 3.63) is 28.2 Å². The first-order valence-corrected chi connectivity index (χ1v) is 6.25. The van der Waals surface area contributed by atoms with Crippen LogP contribution in [0.4, 0.5) is 5.69 Å². The van der Waals surface area contributed by atoms with Crippen LogP contribution in [-0.2, 0) is 6.54 Å². The fraction of sp³-hybridized carbons (Fsp3) is 0.500. The summed E-state index contributed by atoms with van der Waals surface area (Å²) in [5, 5.41) is 9.89. The molecule has 3 N–H and O–H groups in total. The number of rotatable bonds is 2. The van der Waals surface area contributed by atoms with Crippen molar-refractivity contribution in [3.63, 3.8) is 0 Å². The highest BCUT2D eigenvalue weighted by Crippen LogP contribution is 2.27. The molecule has 0 spiro atoms. The van der Waals surface area contributed by atoms with Gasteiger partial charge in [0.2, 0.25) is 0 Å². The monoisotopic (exact) mass is 284 g/mol. The average Bonchev–Trinajstić information content (AvgIpc) is 2.53. The van der Waals surface area contributed by atoms with Crippen molar-refractivity contribution in [2.75, 3.05) is 18.8 Å². The second-order valence-electron chi connectivity index (χ2n) is 4.78. The van der Waals surface area contributed by atoms with Crippen LogP contribution in [-0.4, -0.2) is 28.7 Å². The maximum absolute atomic E-state index is 9.89. The number of hydrogen-bond acceptors (Lipinski definition) is 3. The van der Waals surface area contributed by atoms with Crippen LogP contribution in [0.1, 0.15) is 18.9 Å². The number of anilines is 1. The zero-order valence-electron chi connectivity index (χ0n) is 9.41. The standard InChI is InChI=1S/C12H17BrN2O/c1-12(16)5-6-15(8-12)7-9-3-2-4-10(14)11(9)13/h2-4,16H,5-8,14H2,1H3. The lowest BCUT2D eigenvalue weighted by Gasteiger charge is -2.19. The fourth-order valence-electron chi connectivity index (χ4n) is 2.14. The third-order valence-electron chi connectivity index (χ3n) is 3.03. The van der Waals surface area contributed by atoms with Gasteiger partial charge in [-0.1, -0.05) is 12.1 Å². The third kappa shape index (κ3) is 2.56. The summed E-state index contributed by atoms with van der Waals surface area (Å²) in [6, 6.07) is 5.91. The predicted octanol–water partition coefficient (Wildman–Crippen LogP) is 1.99. The number of nitrogens with zero attached hydrogens (tertiary/aromatic N) is 1. The third-order valence-corrected chi connectivity index (χ3v) is 4.00. The van der Waals surface area contributed by atoms with Crippen LogP contribution in [0.2, 0.25) is 0 Å². The minimum Gasteiger partial charge on any atom is -0.398 e. The maximum atomic E-state index is 9.89. The van der Waals surface area contributed by atoms with Crippen LogP contribution in [0.5, 0.6) is 0 Å². The second-order valence-corrected chi connectivity index (χ2v) is 5.57. The van der Waals surface area contributed by atoms with Gasteiger partial charge in [0.15, 0.2) is 0 Å². The molecule has 4 heteroatoms. The van der Waals surface area contributed by atoms with Gasteiger partial charge in [-0.05, 0) is 40.9 Å². The Morgan fingerprint density at radius 3 is 2.94 bits per heavy atom. The smallest absolute Gasteiger partial charge is 0.0758 e. The van der Waals surface area contributed by atoms with Crippen LogP contribution in [0.3, 0.4) is 0 Å². The van der Waals surface area contributed by atoms with Crippen molar-refractivity contribution in [1.29, 1.82) is 0 Å². The molecule has 0 radical (unpaired) electrons. The highest BCUT2D eigenvalue weighted by Gasteiger charge is 2.31. The van der Waals surface area contributed by atoms with Gasteiger partial charge in [0.1, 0.15) is 0 Å². The molecule has 0 bridgehead atoms. The number of aliphatic hydroxyl groups is 1. The molecule has 88 valence electrons. The Hall–Kier alpha value is -0.580. The van der Waals surface area contributed by atoms with E-state index in [-0.39, 0.29) is 0 Å². The first-order chi connectivity index (χ1) is 7.48. The van der Waals surface area contributed by atoms with E-state index in [0.29, 0.717) is 0 Å². The van der Waals surface area contributed by atoms with Gasteiger partial charge in [-0.2, -0.15) is 0 Å². The summed E-state index contributed by atoms with van der Waals surface area (Å²) >= 11 is 3.50. The molecule has 1 fully saturated rings. The van der Waals surface area contributed by atoms with Gasteiger partial charge in [0.25, 0.3) is 0 Å². The van der Waals surface area contributed by atoms with Crippen molar-refractivity contribution in [1.82, 2.24) is 4.90 Å². The Labute approximate surface area is 104 Å². The van der Waals surface area contributed by atoms with Crippen molar-refractivity contribution in [3.8, 4) is 0 Å². The van der Waals surface area contributed by atoms with E-state index in [9.17, 15) is 5.11 Å². The maximum Gasteiger partial charge on any atom is 0.0758 e. The molecule has 1 aromatic rings. The number of benzene rings is 1. The minimum atomic E-state index is -0.535. The van der Waals surface area contributed by atoms with Crippen LogP contribution >= 0.6 is 15.9 Å². The summed E-state index contributed by atoms with van der Waals surface area (Å²) in [6.07, 6.45) is 0.840. The number of likely N-dealkylation sites (tertiary alicyclic amines) is 1. The van der Waals surface area contributed by atoms with E-state index >= 15 is 0 Å². The quantitative estimate of drug-likeness (QED) is 0.817. The average molecular weight is 285 g/mol. The molecule has 1 unspecified atom stereocenters. The topological polar surface area (TPSA) is 49.5 Å². The summed E-state index contributed by atoms with van der Waals surface area (Å²) in [7, 11) is 0. The SMILES string of the molecule is CC1(O)CCN(Cc2cccc(N)c2Br)C1. The number of nitrogen functional groups attached to an aromatic ring is 1. The lowest BCUT2D eigenvalue weighted by Crippen LogP contribution is -2.29. The van der Waals surface area contributed by atoms with Crippen molar-refractivity contribution >= 4 is 21.6 Å². The molecule has 1 aliphatic heterocycles. The van der Waals surface area contributed by atoms with Gasteiger partial charge >= 0.3 is 0 Å². The van der Waals surface area contributed by atoms with Crippen molar-refractivity contribution < 1.29 is 5.11 Å². The van der Waals surface area contributed by atoms with Crippen LogP contribution < -0.4 is 5.73 Å². The largest absolute Gasteiger partial charge is 0.398 e. The van der Waals surface area contributed by atoms with Crippen molar-refractivity contribution in [2.24, 2.45) is 0 Å². The molecular formula is C12H17BrN2O. The van der Waals surface area contributed by atoms with Gasteiger partial charge in [-0.3, -0.25) is 4.90 Å². The molecule has 2 rings (SSSR count). The van der Waals surface area contributed by atoms with Crippen LogP contribution in [0.25, 0.3) is 0 Å². The first kappa shape index (κ1) is 11.9. The number of nitrogens with two attached hydrogens (primary N) is 1. The van der Waals surface area contributed by atoms with E-state index in [0.717, 1.165) is 36.2 Å². The van der Waals surface area contributed by atoms with Crippen molar-refractivity contribution in [2.45, 2.75) is 25.5 Å². The summed E-state index contributed by atoms with van der Waals surface area (Å²) < 4.78 is 0.974. The number of β-amino-alcohol motifs (C(OH)–C–C–N with tert-alkyl or cyclic N) is 1. The Balaban J connectivity index is 2.08. The van der Waals surface area contributed by atoms with E-state index in [1.54, 1.807) is 0 Å². The molecule has 0 aliphatic carbocycles. The Bertz CT molecular complexity index is 393. The summed E-state index contributed by atoms with van der Waals surface area (Å²) in [5.41, 5.74) is 7.24. The molecule has 3 nitrogen and oxygen atoms in total. The Kier molecular flexibility index (Phi) is 3.24. The van der Waals surface area contributed by atoms with E-state index < -0.39 is 5.60 Å². The number of hydrogen-bond donors (Lipinski definition) is 2. The summed E-state index contributed by atoms with van der Waals surface area (Å²) in [6.45, 7) is 4.39. The molecule has 0 amide bonds. The van der Waals surface area contributed by atoms with Gasteiger partial charge in [0, 0.05) is 29.8 Å². The highest BCUT2D eigenvalue weighted by atomic mass is 79.9. The number of halogens is 1. The summed E-state index contributed by atoms with van der Waals surface area (Å²) in [5.74, 6) is 0. The van der Waals surface area contributed by atoms with E-state index in [1.807, 2.05) is 19.1 Å². The molecule has 16 heavy (non-hydrogen) atoms. The van der Waals surface area contributed by atoms with Crippen LogP contribution in [0.15, 0.2) is 22.7 Å². The van der Waals surface area contributed by atoms with Gasteiger partial charge in [-0.25, -0.2) is 0 Å². The molecular weight excluding hydrogens is 268 g/mol. The Morgan fingerprint density at radius 1 is 1.56 bits per heavy atom. The Morgan fingerprint density at radius 2 is 2.31 bits per heavy atom. The fourth-order valence-corrected chi connectivity index (χ4v) is 2.53. The lowest BCUT2D eigenvalue weighted by molar-refractivity contribution is 0.0679.